The average Bonchev–Trinajstić information content (AvgIpc) is 1.87. The highest BCUT2D eigenvalue weighted by atomic mass is 35.5. The van der Waals surface area contributed by atoms with Crippen LogP contribution < -0.4 is 5.73 Å². The van der Waals surface area contributed by atoms with Crippen LogP contribution in [-0.2, 0) is 9.53 Å². The number of carbonyl (C=O) groups is 1. The van der Waals surface area contributed by atoms with Gasteiger partial charge in [0.2, 0.25) is 0 Å². The van der Waals surface area contributed by atoms with Gasteiger partial charge in [0.25, 0.3) is 0 Å². The van der Waals surface area contributed by atoms with Crippen molar-refractivity contribution in [3.63, 3.8) is 0 Å². The van der Waals surface area contributed by atoms with Gasteiger partial charge in [-0.1, -0.05) is 6.08 Å². The van der Waals surface area contributed by atoms with Crippen LogP contribution in [0.2, 0.25) is 0 Å². The molecule has 0 bridgehead atoms. The van der Waals surface area contributed by atoms with Gasteiger partial charge in [0.15, 0.2) is 0 Å². The summed E-state index contributed by atoms with van der Waals surface area (Å²) in [6.45, 7) is 3.43. The first-order valence-corrected chi connectivity index (χ1v) is 2.66. The summed E-state index contributed by atoms with van der Waals surface area (Å²) in [6, 6.07) is -0.549. The third-order valence-electron chi connectivity index (χ3n) is 0.925. The van der Waals surface area contributed by atoms with Gasteiger partial charge >= 0.3 is 5.97 Å². The number of rotatable bonds is 3. The van der Waals surface area contributed by atoms with Crippen molar-refractivity contribution in [2.24, 2.45) is 5.73 Å². The number of nitrogens with two attached hydrogens (primary N) is 1. The van der Waals surface area contributed by atoms with Gasteiger partial charge < -0.3 is 10.5 Å². The molecule has 0 saturated heterocycles. The fourth-order valence-electron chi connectivity index (χ4n) is 0.427. The lowest BCUT2D eigenvalue weighted by molar-refractivity contribution is -0.142. The maximum absolute atomic E-state index is 10.5. The van der Waals surface area contributed by atoms with Crippen LogP contribution in [0.4, 0.5) is 0 Å². The average molecular weight is 166 g/mol. The number of methoxy groups -OCH3 is 1. The molecule has 0 aromatic carbocycles. The highest BCUT2D eigenvalue weighted by Crippen LogP contribution is 1.89. The molecule has 0 aromatic rings. The Morgan fingerprint density at radius 1 is 1.90 bits per heavy atom. The zero-order valence-corrected chi connectivity index (χ0v) is 6.69. The van der Waals surface area contributed by atoms with Crippen LogP contribution in [0.25, 0.3) is 0 Å². The van der Waals surface area contributed by atoms with E-state index in [1.54, 1.807) is 6.08 Å². The molecule has 1 atom stereocenters. The standard InChI is InChI=1S/C6H11NO2.ClH/c1-3-4-5(7)6(8)9-2;/h3,5H,1,4,7H2,2H3;1H/t5-;/m1./s1. The minimum absolute atomic E-state index is 0. The summed E-state index contributed by atoms with van der Waals surface area (Å²) in [5, 5.41) is 0. The van der Waals surface area contributed by atoms with E-state index < -0.39 is 12.0 Å². The summed E-state index contributed by atoms with van der Waals surface area (Å²) in [5.74, 6) is -0.394. The van der Waals surface area contributed by atoms with Crippen molar-refractivity contribution >= 4 is 18.4 Å². The highest BCUT2D eigenvalue weighted by Gasteiger charge is 2.09. The van der Waals surface area contributed by atoms with E-state index in [0.29, 0.717) is 6.42 Å². The van der Waals surface area contributed by atoms with Gasteiger partial charge in [0, 0.05) is 0 Å². The summed E-state index contributed by atoms with van der Waals surface area (Å²) < 4.78 is 4.35. The van der Waals surface area contributed by atoms with Crippen LogP contribution in [0.5, 0.6) is 0 Å². The quantitative estimate of drug-likeness (QED) is 0.489. The van der Waals surface area contributed by atoms with Crippen molar-refractivity contribution in [1.29, 1.82) is 0 Å². The maximum Gasteiger partial charge on any atom is 0.322 e. The van der Waals surface area contributed by atoms with E-state index in [2.05, 4.69) is 11.3 Å². The molecule has 0 heterocycles. The zero-order chi connectivity index (χ0) is 7.28. The van der Waals surface area contributed by atoms with Crippen molar-refractivity contribution in [2.45, 2.75) is 12.5 Å². The van der Waals surface area contributed by atoms with E-state index in [0.717, 1.165) is 0 Å². The molecule has 0 aliphatic heterocycles. The van der Waals surface area contributed by atoms with Gasteiger partial charge in [0.1, 0.15) is 6.04 Å². The molecule has 0 aromatic heterocycles. The topological polar surface area (TPSA) is 52.3 Å². The smallest absolute Gasteiger partial charge is 0.322 e. The van der Waals surface area contributed by atoms with Crippen LogP contribution >= 0.6 is 12.4 Å². The molecular weight excluding hydrogens is 154 g/mol. The number of ether oxygens (including phenoxy) is 1. The highest BCUT2D eigenvalue weighted by molar-refractivity contribution is 5.85. The zero-order valence-electron chi connectivity index (χ0n) is 5.87. The van der Waals surface area contributed by atoms with Gasteiger partial charge in [-0.15, -0.1) is 19.0 Å². The van der Waals surface area contributed by atoms with Gasteiger partial charge in [-0.05, 0) is 6.42 Å². The monoisotopic (exact) mass is 165 g/mol. The summed E-state index contributed by atoms with van der Waals surface area (Å²) in [6.07, 6.45) is 2.05. The van der Waals surface area contributed by atoms with E-state index in [9.17, 15) is 4.79 Å². The molecule has 2 N–H and O–H groups in total. The Labute approximate surface area is 66.6 Å². The van der Waals surface area contributed by atoms with E-state index in [1.165, 1.54) is 7.11 Å². The Morgan fingerprint density at radius 2 is 2.40 bits per heavy atom. The largest absolute Gasteiger partial charge is 0.468 e. The molecule has 0 radical (unpaired) electrons. The number of esters is 1. The number of halogens is 1. The first kappa shape index (κ1) is 12.2. The van der Waals surface area contributed by atoms with Gasteiger partial charge in [-0.3, -0.25) is 4.79 Å². The minimum Gasteiger partial charge on any atom is -0.468 e. The summed E-state index contributed by atoms with van der Waals surface area (Å²) in [4.78, 5) is 10.5. The van der Waals surface area contributed by atoms with Crippen molar-refractivity contribution < 1.29 is 9.53 Å². The fourth-order valence-corrected chi connectivity index (χ4v) is 0.427. The SMILES string of the molecule is C=CC[C@@H](N)C(=O)OC.Cl. The predicted octanol–water partition coefficient (Wildman–Crippen LogP) is 0.485. The van der Waals surface area contributed by atoms with Gasteiger partial charge in [-0.25, -0.2) is 0 Å². The van der Waals surface area contributed by atoms with E-state index in [1.807, 2.05) is 0 Å². The van der Waals surface area contributed by atoms with Crippen molar-refractivity contribution in [3.05, 3.63) is 12.7 Å². The predicted molar refractivity (Wildman–Crippen MR) is 42.1 cm³/mol. The summed E-state index contributed by atoms with van der Waals surface area (Å²) >= 11 is 0. The molecule has 4 heteroatoms. The third-order valence-corrected chi connectivity index (χ3v) is 0.925. The second-order valence-electron chi connectivity index (χ2n) is 1.65. The number of carbonyl (C=O) groups excluding carboxylic acids is 1. The van der Waals surface area contributed by atoms with E-state index in [-0.39, 0.29) is 12.4 Å². The molecule has 0 amide bonds. The molecule has 60 valence electrons. The minimum atomic E-state index is -0.549. The Hall–Kier alpha value is -0.540. The molecule has 0 aliphatic carbocycles. The Bertz CT molecular complexity index is 116. The summed E-state index contributed by atoms with van der Waals surface area (Å²) in [5.41, 5.74) is 5.29. The fraction of sp³-hybridized carbons (Fsp3) is 0.500. The van der Waals surface area contributed by atoms with Crippen molar-refractivity contribution in [3.8, 4) is 0 Å². The van der Waals surface area contributed by atoms with E-state index in [4.69, 9.17) is 5.73 Å². The van der Waals surface area contributed by atoms with Gasteiger partial charge in [-0.2, -0.15) is 0 Å². The third kappa shape index (κ3) is 4.35. The van der Waals surface area contributed by atoms with E-state index >= 15 is 0 Å². The molecule has 3 nitrogen and oxygen atoms in total. The second-order valence-corrected chi connectivity index (χ2v) is 1.65. The molecule has 0 unspecified atom stereocenters. The maximum atomic E-state index is 10.5. The van der Waals surface area contributed by atoms with Crippen molar-refractivity contribution in [1.82, 2.24) is 0 Å². The van der Waals surface area contributed by atoms with Crippen LogP contribution in [-0.4, -0.2) is 19.1 Å². The number of hydrogen-bond donors (Lipinski definition) is 1. The Balaban J connectivity index is 0. The number of hydrogen-bond acceptors (Lipinski definition) is 3. The van der Waals surface area contributed by atoms with Crippen LogP contribution in [0, 0.1) is 0 Å². The summed E-state index contributed by atoms with van der Waals surface area (Å²) in [7, 11) is 1.31. The molecule has 0 fully saturated rings. The molecule has 0 aliphatic rings. The molecular formula is C6H12ClNO2. The first-order valence-electron chi connectivity index (χ1n) is 2.66. The molecule has 0 rings (SSSR count). The van der Waals surface area contributed by atoms with Crippen LogP contribution in [0.1, 0.15) is 6.42 Å². The van der Waals surface area contributed by atoms with Crippen LogP contribution in [0.3, 0.4) is 0 Å². The molecule has 0 spiro atoms. The molecule has 10 heavy (non-hydrogen) atoms. The Kier molecular flexibility index (Phi) is 8.00. The Morgan fingerprint density at radius 3 is 2.70 bits per heavy atom. The normalized spacial score (nSPS) is 11.0. The lowest BCUT2D eigenvalue weighted by atomic mass is 10.2. The van der Waals surface area contributed by atoms with Gasteiger partial charge in [0.05, 0.1) is 7.11 Å². The second kappa shape index (κ2) is 6.58. The molecule has 0 saturated carbocycles. The first-order chi connectivity index (χ1) is 4.22. The van der Waals surface area contributed by atoms with Crippen molar-refractivity contribution in [2.75, 3.05) is 7.11 Å². The lowest BCUT2D eigenvalue weighted by Crippen LogP contribution is -2.30. The lowest BCUT2D eigenvalue weighted by Gasteiger charge is -2.03. The van der Waals surface area contributed by atoms with Crippen LogP contribution in [0.15, 0.2) is 12.7 Å².